The summed E-state index contributed by atoms with van der Waals surface area (Å²) in [4.78, 5) is 13.3. The number of carbonyl (C=O) groups is 1. The van der Waals surface area contributed by atoms with E-state index in [0.717, 1.165) is 5.56 Å². The van der Waals surface area contributed by atoms with E-state index in [-0.39, 0.29) is 17.4 Å². The van der Waals surface area contributed by atoms with E-state index in [1.54, 1.807) is 42.5 Å². The van der Waals surface area contributed by atoms with E-state index in [0.29, 0.717) is 33.9 Å². The van der Waals surface area contributed by atoms with Crippen molar-refractivity contribution in [3.8, 4) is 23.0 Å². The van der Waals surface area contributed by atoms with Crippen molar-refractivity contribution in [1.82, 2.24) is 0 Å². The van der Waals surface area contributed by atoms with Crippen LogP contribution >= 0.6 is 0 Å². The third-order valence-electron chi connectivity index (χ3n) is 4.96. The number of nitrogens with one attached hydrogen (secondary N) is 1. The Hall–Kier alpha value is -4.07. The zero-order valence-corrected chi connectivity index (χ0v) is 19.2. The van der Waals surface area contributed by atoms with Gasteiger partial charge in [-0.3, -0.25) is 4.79 Å². The summed E-state index contributed by atoms with van der Waals surface area (Å²) in [6.45, 7) is -1.03. The number of carbonyl (C=O) groups excluding carboxylic acids is 1. The monoisotopic (exact) mass is 469 g/mol. The molecule has 6 nitrogen and oxygen atoms in total. The Kier molecular flexibility index (Phi) is 8.08. The van der Waals surface area contributed by atoms with E-state index in [1.165, 1.54) is 33.5 Å². The molecule has 0 fully saturated rings. The molecular formula is C26H25F2NO5. The number of rotatable bonds is 9. The number of halogens is 2. The van der Waals surface area contributed by atoms with Crippen LogP contribution in [0.3, 0.4) is 0 Å². The molecule has 3 aromatic rings. The molecule has 0 aliphatic rings. The highest BCUT2D eigenvalue weighted by atomic mass is 19.3. The number of ether oxygens (including phenoxy) is 4. The Morgan fingerprint density at radius 1 is 0.824 bits per heavy atom. The molecule has 0 aromatic heterocycles. The van der Waals surface area contributed by atoms with E-state index in [4.69, 9.17) is 14.2 Å². The molecule has 0 spiro atoms. The van der Waals surface area contributed by atoms with E-state index in [9.17, 15) is 13.6 Å². The van der Waals surface area contributed by atoms with Gasteiger partial charge in [0, 0.05) is 11.3 Å². The Labute approximate surface area is 196 Å². The molecule has 0 unspecified atom stereocenters. The maximum absolute atomic E-state index is 13.3. The molecule has 1 amide bonds. The minimum absolute atomic E-state index is 0.105. The minimum Gasteiger partial charge on any atom is -0.493 e. The topological polar surface area (TPSA) is 66.0 Å². The quantitative estimate of drug-likeness (QED) is 0.317. The number of hydrogen-bond donors (Lipinski definition) is 1. The van der Waals surface area contributed by atoms with Gasteiger partial charge < -0.3 is 24.3 Å². The van der Waals surface area contributed by atoms with Crippen molar-refractivity contribution >= 4 is 23.2 Å². The van der Waals surface area contributed by atoms with Crippen molar-refractivity contribution in [3.05, 3.63) is 77.4 Å². The average Bonchev–Trinajstić information content (AvgIpc) is 2.83. The van der Waals surface area contributed by atoms with Crippen LogP contribution in [0.2, 0.25) is 0 Å². The summed E-state index contributed by atoms with van der Waals surface area (Å²) >= 11 is 0. The Morgan fingerprint density at radius 2 is 1.44 bits per heavy atom. The Bertz CT molecular complexity index is 1180. The highest BCUT2D eigenvalue weighted by Gasteiger charge is 2.17. The summed E-state index contributed by atoms with van der Waals surface area (Å²) in [5.41, 5.74) is 3.11. The maximum atomic E-state index is 13.3. The minimum atomic E-state index is -2.99. The largest absolute Gasteiger partial charge is 0.493 e. The van der Waals surface area contributed by atoms with Crippen LogP contribution in [0.4, 0.5) is 14.5 Å². The second kappa shape index (κ2) is 11.2. The van der Waals surface area contributed by atoms with Gasteiger partial charge >= 0.3 is 6.61 Å². The number of hydrogen-bond acceptors (Lipinski definition) is 5. The molecule has 1 N–H and O–H groups in total. The van der Waals surface area contributed by atoms with Gasteiger partial charge in [-0.1, -0.05) is 29.8 Å². The van der Waals surface area contributed by atoms with Crippen molar-refractivity contribution < 1.29 is 32.5 Å². The second-order valence-electron chi connectivity index (χ2n) is 7.24. The Balaban J connectivity index is 2.06. The summed E-state index contributed by atoms with van der Waals surface area (Å²) in [6, 6.07) is 16.9. The van der Waals surface area contributed by atoms with Crippen molar-refractivity contribution in [2.24, 2.45) is 0 Å². The zero-order valence-electron chi connectivity index (χ0n) is 19.2. The van der Waals surface area contributed by atoms with Gasteiger partial charge in [0.2, 0.25) is 0 Å². The van der Waals surface area contributed by atoms with Gasteiger partial charge in [-0.25, -0.2) is 0 Å². The summed E-state index contributed by atoms with van der Waals surface area (Å²) in [7, 11) is 4.37. The van der Waals surface area contributed by atoms with Crippen molar-refractivity contribution in [2.45, 2.75) is 13.5 Å². The van der Waals surface area contributed by atoms with Crippen molar-refractivity contribution in [1.29, 1.82) is 0 Å². The highest BCUT2D eigenvalue weighted by Crippen LogP contribution is 2.34. The molecule has 0 atom stereocenters. The first-order chi connectivity index (χ1) is 16.3. The molecule has 3 aromatic carbocycles. The van der Waals surface area contributed by atoms with Crippen LogP contribution in [0.1, 0.15) is 16.7 Å². The van der Waals surface area contributed by atoms with E-state index >= 15 is 0 Å². The molecule has 0 aliphatic heterocycles. The highest BCUT2D eigenvalue weighted by molar-refractivity contribution is 6.29. The van der Waals surface area contributed by atoms with Crippen molar-refractivity contribution in [2.75, 3.05) is 26.6 Å². The second-order valence-corrected chi connectivity index (χ2v) is 7.24. The maximum Gasteiger partial charge on any atom is 0.387 e. The third kappa shape index (κ3) is 6.04. The lowest BCUT2D eigenvalue weighted by Gasteiger charge is -2.14. The number of anilines is 1. The van der Waals surface area contributed by atoms with Gasteiger partial charge in [-0.2, -0.15) is 8.78 Å². The molecule has 178 valence electrons. The van der Waals surface area contributed by atoms with Crippen LogP contribution in [0.25, 0.3) is 11.6 Å². The number of aryl methyl sites for hydroxylation is 1. The lowest BCUT2D eigenvalue weighted by molar-refractivity contribution is -0.111. The first-order valence-electron chi connectivity index (χ1n) is 10.3. The van der Waals surface area contributed by atoms with Gasteiger partial charge in [0.05, 0.1) is 21.3 Å². The van der Waals surface area contributed by atoms with Crippen LogP contribution in [-0.2, 0) is 4.79 Å². The summed E-state index contributed by atoms with van der Waals surface area (Å²) < 4.78 is 45.7. The fourth-order valence-electron chi connectivity index (χ4n) is 3.25. The first kappa shape index (κ1) is 24.6. The third-order valence-corrected chi connectivity index (χ3v) is 4.96. The zero-order chi connectivity index (χ0) is 24.7. The summed E-state index contributed by atoms with van der Waals surface area (Å²) in [5, 5.41) is 2.89. The number of methoxy groups -OCH3 is 3. The summed E-state index contributed by atoms with van der Waals surface area (Å²) in [6.07, 6.45) is 1.62. The molecule has 0 radical (unpaired) electrons. The SMILES string of the molecule is COc1ccc(/C(=C/c2ccc(OC(F)F)c(OC)c2)C(=O)Nc2ccc(C)cc2)cc1OC. The molecule has 3 rings (SSSR count). The van der Waals surface area contributed by atoms with Crippen LogP contribution < -0.4 is 24.3 Å². The van der Waals surface area contributed by atoms with Gasteiger partial charge in [0.25, 0.3) is 5.91 Å². The predicted molar refractivity (Wildman–Crippen MR) is 127 cm³/mol. The van der Waals surface area contributed by atoms with Crippen molar-refractivity contribution in [3.63, 3.8) is 0 Å². The molecule has 34 heavy (non-hydrogen) atoms. The standard InChI is InChI=1S/C26H25F2NO5/c1-16-5-9-19(10-6-16)29-25(30)20(18-8-12-21(31-2)24(15-18)33-4)13-17-7-11-22(34-26(27)28)23(14-17)32-3/h5-15,26H,1-4H3,(H,29,30)/b20-13-. The molecule has 0 bridgehead atoms. The molecule has 0 heterocycles. The van der Waals surface area contributed by atoms with Crippen LogP contribution in [0.5, 0.6) is 23.0 Å². The fourth-order valence-corrected chi connectivity index (χ4v) is 3.25. The lowest BCUT2D eigenvalue weighted by Crippen LogP contribution is -2.14. The van der Waals surface area contributed by atoms with E-state index in [2.05, 4.69) is 10.1 Å². The Morgan fingerprint density at radius 3 is 2.06 bits per heavy atom. The first-order valence-corrected chi connectivity index (χ1v) is 10.3. The number of benzene rings is 3. The van der Waals surface area contributed by atoms with Gasteiger partial charge in [-0.15, -0.1) is 0 Å². The summed E-state index contributed by atoms with van der Waals surface area (Å²) in [5.74, 6) is 0.598. The normalized spacial score (nSPS) is 11.2. The number of amides is 1. The molecule has 0 saturated carbocycles. The van der Waals surface area contributed by atoms with Crippen LogP contribution in [0.15, 0.2) is 60.7 Å². The van der Waals surface area contributed by atoms with E-state index < -0.39 is 6.61 Å². The molecular weight excluding hydrogens is 444 g/mol. The lowest BCUT2D eigenvalue weighted by atomic mass is 10.0. The molecule has 0 aliphatic carbocycles. The van der Waals surface area contributed by atoms with Gasteiger partial charge in [-0.05, 0) is 60.5 Å². The molecule has 0 saturated heterocycles. The van der Waals surface area contributed by atoms with Crippen LogP contribution in [-0.4, -0.2) is 33.8 Å². The van der Waals surface area contributed by atoms with Gasteiger partial charge in [0.15, 0.2) is 23.0 Å². The van der Waals surface area contributed by atoms with Gasteiger partial charge in [0.1, 0.15) is 0 Å². The fraction of sp³-hybridized carbons (Fsp3) is 0.192. The predicted octanol–water partition coefficient (Wildman–Crippen LogP) is 5.80. The number of alkyl halides is 2. The average molecular weight is 469 g/mol. The van der Waals surface area contributed by atoms with Crippen LogP contribution in [0, 0.1) is 6.92 Å². The van der Waals surface area contributed by atoms with E-state index in [1.807, 2.05) is 19.1 Å². The molecule has 8 heteroatoms. The smallest absolute Gasteiger partial charge is 0.387 e.